The van der Waals surface area contributed by atoms with E-state index in [2.05, 4.69) is 11.4 Å². The third kappa shape index (κ3) is 3.74. The largest absolute Gasteiger partial charge is 0.477 e. The average molecular weight is 353 g/mol. The van der Waals surface area contributed by atoms with Crippen LogP contribution in [0.2, 0.25) is 5.02 Å². The van der Waals surface area contributed by atoms with E-state index >= 15 is 0 Å². The first kappa shape index (κ1) is 16.7. The van der Waals surface area contributed by atoms with Crippen LogP contribution < -0.4 is 5.32 Å². The number of carboxylic acid groups (broad SMARTS) is 1. The highest BCUT2D eigenvalue weighted by Crippen LogP contribution is 2.42. The Hall–Kier alpha value is -1.68. The smallest absolute Gasteiger partial charge is 0.348 e. The first-order chi connectivity index (χ1) is 10.4. The second kappa shape index (κ2) is 7.05. The normalized spacial score (nSPS) is 10.5. The van der Waals surface area contributed by atoms with Gasteiger partial charge in [-0.3, -0.25) is 0 Å². The number of halogens is 1. The number of benzene rings is 1. The van der Waals surface area contributed by atoms with E-state index < -0.39 is 5.97 Å². The summed E-state index contributed by atoms with van der Waals surface area (Å²) in [6.45, 7) is 4.00. The third-order valence-electron chi connectivity index (χ3n) is 2.64. The van der Waals surface area contributed by atoms with Crippen molar-refractivity contribution in [2.45, 2.75) is 23.3 Å². The Morgan fingerprint density at radius 3 is 2.55 bits per heavy atom. The zero-order valence-electron chi connectivity index (χ0n) is 11.9. The molecule has 22 heavy (non-hydrogen) atoms. The van der Waals surface area contributed by atoms with Gasteiger partial charge >= 0.3 is 5.97 Å². The van der Waals surface area contributed by atoms with Crippen LogP contribution in [0.5, 0.6) is 0 Å². The first-order valence-electron chi connectivity index (χ1n) is 6.41. The van der Waals surface area contributed by atoms with Gasteiger partial charge in [-0.15, -0.1) is 23.1 Å². The SMILES string of the molecule is CC(C)Sc1sc(C(=O)O)c(Nc2ccc(Cl)cc2)c1C#N. The summed E-state index contributed by atoms with van der Waals surface area (Å²) in [7, 11) is 0. The van der Waals surface area contributed by atoms with Gasteiger partial charge in [0.15, 0.2) is 0 Å². The van der Waals surface area contributed by atoms with Crippen molar-refractivity contribution in [3.63, 3.8) is 0 Å². The van der Waals surface area contributed by atoms with Gasteiger partial charge in [0.2, 0.25) is 0 Å². The lowest BCUT2D eigenvalue weighted by molar-refractivity contribution is 0.0703. The maximum atomic E-state index is 11.5. The number of nitrogens with one attached hydrogen (secondary N) is 1. The Morgan fingerprint density at radius 2 is 2.05 bits per heavy atom. The van der Waals surface area contributed by atoms with Crippen molar-refractivity contribution in [2.24, 2.45) is 0 Å². The van der Waals surface area contributed by atoms with Crippen LogP contribution in [0.15, 0.2) is 28.5 Å². The number of nitriles is 1. The van der Waals surface area contributed by atoms with Gasteiger partial charge in [0.05, 0.1) is 9.90 Å². The molecule has 1 heterocycles. The molecule has 2 rings (SSSR count). The van der Waals surface area contributed by atoms with Crippen molar-refractivity contribution in [1.82, 2.24) is 0 Å². The Labute approximate surface area is 141 Å². The molecule has 0 amide bonds. The number of carbonyl (C=O) groups is 1. The van der Waals surface area contributed by atoms with Crippen molar-refractivity contribution < 1.29 is 9.90 Å². The van der Waals surface area contributed by atoms with Crippen LogP contribution in [0.3, 0.4) is 0 Å². The minimum absolute atomic E-state index is 0.134. The molecule has 0 radical (unpaired) electrons. The number of hydrogen-bond acceptors (Lipinski definition) is 5. The lowest BCUT2D eigenvalue weighted by Gasteiger charge is -2.07. The molecule has 0 aliphatic heterocycles. The zero-order chi connectivity index (χ0) is 16.3. The average Bonchev–Trinajstić information content (AvgIpc) is 2.78. The van der Waals surface area contributed by atoms with Crippen LogP contribution in [0, 0.1) is 11.3 Å². The molecule has 0 aliphatic carbocycles. The van der Waals surface area contributed by atoms with Crippen molar-refractivity contribution in [3.05, 3.63) is 39.7 Å². The van der Waals surface area contributed by atoms with E-state index in [0.29, 0.717) is 26.2 Å². The summed E-state index contributed by atoms with van der Waals surface area (Å²) in [5, 5.41) is 22.7. The molecule has 0 bridgehead atoms. The lowest BCUT2D eigenvalue weighted by Crippen LogP contribution is -2.00. The van der Waals surface area contributed by atoms with Crippen LogP contribution in [-0.2, 0) is 0 Å². The van der Waals surface area contributed by atoms with Crippen LogP contribution >= 0.6 is 34.7 Å². The van der Waals surface area contributed by atoms with E-state index in [1.54, 1.807) is 24.3 Å². The van der Waals surface area contributed by atoms with Crippen LogP contribution in [-0.4, -0.2) is 16.3 Å². The maximum absolute atomic E-state index is 11.5. The summed E-state index contributed by atoms with van der Waals surface area (Å²) in [5.74, 6) is -1.05. The molecule has 0 saturated carbocycles. The predicted molar refractivity (Wildman–Crippen MR) is 91.7 cm³/mol. The fourth-order valence-corrected chi connectivity index (χ4v) is 4.37. The number of carboxylic acids is 1. The van der Waals surface area contributed by atoms with Gasteiger partial charge in [-0.05, 0) is 24.3 Å². The molecule has 2 aromatic rings. The van der Waals surface area contributed by atoms with Crippen LogP contribution in [0.4, 0.5) is 11.4 Å². The van der Waals surface area contributed by atoms with Gasteiger partial charge in [-0.1, -0.05) is 25.4 Å². The van der Waals surface area contributed by atoms with E-state index in [1.807, 2.05) is 13.8 Å². The number of rotatable bonds is 5. The summed E-state index contributed by atoms with van der Waals surface area (Å²) in [4.78, 5) is 11.6. The maximum Gasteiger partial charge on any atom is 0.348 e. The molecule has 1 aromatic heterocycles. The number of hydrogen-bond donors (Lipinski definition) is 2. The lowest BCUT2D eigenvalue weighted by atomic mass is 10.2. The standard InChI is InChI=1S/C15H13ClN2O2S2/c1-8(2)21-15-11(7-17)12(13(22-15)14(19)20)18-10-5-3-9(16)4-6-10/h3-6,8,18H,1-2H3,(H,19,20). The summed E-state index contributed by atoms with van der Waals surface area (Å²) < 4.78 is 0.714. The van der Waals surface area contributed by atoms with E-state index in [-0.39, 0.29) is 10.1 Å². The third-order valence-corrected chi connectivity index (χ3v) is 5.29. The summed E-state index contributed by atoms with van der Waals surface area (Å²) >= 11 is 8.45. The van der Waals surface area contributed by atoms with Crippen molar-refractivity contribution in [2.75, 3.05) is 5.32 Å². The van der Waals surface area contributed by atoms with E-state index in [9.17, 15) is 15.2 Å². The molecule has 114 valence electrons. The summed E-state index contributed by atoms with van der Waals surface area (Å²) in [6.07, 6.45) is 0. The minimum atomic E-state index is -1.05. The van der Waals surface area contributed by atoms with Gasteiger partial charge in [-0.2, -0.15) is 5.26 Å². The Kier molecular flexibility index (Phi) is 5.35. The quantitative estimate of drug-likeness (QED) is 0.722. The topological polar surface area (TPSA) is 73.1 Å². The van der Waals surface area contributed by atoms with Crippen molar-refractivity contribution in [1.29, 1.82) is 5.26 Å². The summed E-state index contributed by atoms with van der Waals surface area (Å²) in [5.41, 5.74) is 1.39. The number of aromatic carboxylic acids is 1. The molecular weight excluding hydrogens is 340 g/mol. The van der Waals surface area contributed by atoms with Crippen LogP contribution in [0.1, 0.15) is 29.1 Å². The molecule has 2 N–H and O–H groups in total. The zero-order valence-corrected chi connectivity index (χ0v) is 14.3. The minimum Gasteiger partial charge on any atom is -0.477 e. The highest BCUT2D eigenvalue weighted by atomic mass is 35.5. The molecule has 0 atom stereocenters. The van der Waals surface area contributed by atoms with Gasteiger partial charge in [0.25, 0.3) is 0 Å². The Morgan fingerprint density at radius 1 is 1.41 bits per heavy atom. The second-order valence-corrected chi connectivity index (χ2v) is 7.99. The van der Waals surface area contributed by atoms with Gasteiger partial charge in [-0.25, -0.2) is 4.79 Å². The number of thioether (sulfide) groups is 1. The molecule has 1 aromatic carbocycles. The van der Waals surface area contributed by atoms with Gasteiger partial charge < -0.3 is 10.4 Å². The molecular formula is C15H13ClN2O2S2. The number of thiophene rings is 1. The summed E-state index contributed by atoms with van der Waals surface area (Å²) in [6, 6.07) is 8.99. The Bertz CT molecular complexity index is 733. The molecule has 0 saturated heterocycles. The van der Waals surface area contributed by atoms with E-state index in [4.69, 9.17) is 11.6 Å². The van der Waals surface area contributed by atoms with Gasteiger partial charge in [0.1, 0.15) is 16.5 Å². The highest BCUT2D eigenvalue weighted by molar-refractivity contribution is 8.01. The molecule has 0 spiro atoms. The van der Waals surface area contributed by atoms with Crippen molar-refractivity contribution in [3.8, 4) is 6.07 Å². The van der Waals surface area contributed by atoms with Gasteiger partial charge in [0, 0.05) is 16.0 Å². The fraction of sp³-hybridized carbons (Fsp3) is 0.200. The fourth-order valence-electron chi connectivity index (χ4n) is 1.76. The Balaban J connectivity index is 2.47. The second-order valence-electron chi connectivity index (χ2n) is 4.68. The van der Waals surface area contributed by atoms with Crippen LogP contribution in [0.25, 0.3) is 0 Å². The monoisotopic (exact) mass is 352 g/mol. The number of nitrogens with zero attached hydrogens (tertiary/aromatic N) is 1. The molecule has 0 aliphatic rings. The number of anilines is 2. The van der Waals surface area contributed by atoms with Crippen molar-refractivity contribution >= 4 is 52.0 Å². The molecule has 7 heteroatoms. The molecule has 0 unspecified atom stereocenters. The molecule has 4 nitrogen and oxygen atoms in total. The molecule has 0 fully saturated rings. The predicted octanol–water partition coefficient (Wildman–Crippen LogP) is 5.22. The highest BCUT2D eigenvalue weighted by Gasteiger charge is 2.23. The van der Waals surface area contributed by atoms with E-state index in [0.717, 1.165) is 11.3 Å². The first-order valence-corrected chi connectivity index (χ1v) is 8.49. The van der Waals surface area contributed by atoms with E-state index in [1.165, 1.54) is 11.8 Å².